The molecule has 0 aromatic carbocycles. The van der Waals surface area contributed by atoms with Gasteiger partial charge in [-0.3, -0.25) is 4.68 Å². The van der Waals surface area contributed by atoms with Crippen LogP contribution in [0, 0.1) is 5.92 Å². The van der Waals surface area contributed by atoms with Crippen molar-refractivity contribution in [2.24, 2.45) is 5.92 Å². The fourth-order valence-corrected chi connectivity index (χ4v) is 2.76. The number of hydrogen-bond acceptors (Lipinski definition) is 4. The van der Waals surface area contributed by atoms with Crippen molar-refractivity contribution in [3.05, 3.63) is 18.5 Å². The van der Waals surface area contributed by atoms with Gasteiger partial charge in [0.15, 0.2) is 0 Å². The highest BCUT2D eigenvalue weighted by Gasteiger charge is 2.18. The highest BCUT2D eigenvalue weighted by molar-refractivity contribution is 5.73. The number of aliphatic hydroxyl groups excluding tert-OH is 1. The van der Waals surface area contributed by atoms with Crippen molar-refractivity contribution in [2.75, 3.05) is 32.7 Å². The van der Waals surface area contributed by atoms with Gasteiger partial charge in [0.05, 0.1) is 6.10 Å². The molecule has 3 N–H and O–H groups in total. The zero-order valence-electron chi connectivity index (χ0n) is 13.9. The topological polar surface area (TPSA) is 82.4 Å². The monoisotopic (exact) mass is 323 g/mol. The zero-order valence-corrected chi connectivity index (χ0v) is 13.9. The van der Waals surface area contributed by atoms with Crippen LogP contribution in [-0.4, -0.2) is 64.6 Å². The number of hydrogen-bond donors (Lipinski definition) is 3. The number of aryl methyl sites for hydroxylation is 1. The summed E-state index contributed by atoms with van der Waals surface area (Å²) in [6.07, 6.45) is 6.33. The minimum Gasteiger partial charge on any atom is -0.390 e. The maximum Gasteiger partial charge on any atom is 0.314 e. The lowest BCUT2D eigenvalue weighted by atomic mass is 9.99. The van der Waals surface area contributed by atoms with Gasteiger partial charge in [0, 0.05) is 38.6 Å². The average Bonchev–Trinajstić information content (AvgIpc) is 3.05. The van der Waals surface area contributed by atoms with Gasteiger partial charge >= 0.3 is 6.03 Å². The van der Waals surface area contributed by atoms with Crippen LogP contribution in [0.4, 0.5) is 4.79 Å². The van der Waals surface area contributed by atoms with Gasteiger partial charge in [0.25, 0.3) is 0 Å². The van der Waals surface area contributed by atoms with Crippen LogP contribution in [0.2, 0.25) is 0 Å². The van der Waals surface area contributed by atoms with Gasteiger partial charge in [-0.1, -0.05) is 6.92 Å². The van der Waals surface area contributed by atoms with E-state index in [1.807, 2.05) is 16.9 Å². The molecule has 2 rings (SSSR count). The molecule has 1 aromatic rings. The van der Waals surface area contributed by atoms with Crippen molar-refractivity contribution in [2.45, 2.75) is 38.8 Å². The second-order valence-electron chi connectivity index (χ2n) is 6.40. The summed E-state index contributed by atoms with van der Waals surface area (Å²) in [4.78, 5) is 13.9. The van der Waals surface area contributed by atoms with Crippen LogP contribution in [0.1, 0.15) is 26.2 Å². The molecule has 1 atom stereocenters. The van der Waals surface area contributed by atoms with E-state index in [9.17, 15) is 9.90 Å². The molecule has 7 nitrogen and oxygen atoms in total. The third-order valence-electron chi connectivity index (χ3n) is 4.25. The molecule has 1 fully saturated rings. The van der Waals surface area contributed by atoms with E-state index in [2.05, 4.69) is 27.6 Å². The number of amides is 2. The molecule has 1 saturated heterocycles. The number of likely N-dealkylation sites (tertiary alicyclic amines) is 1. The van der Waals surface area contributed by atoms with Crippen molar-refractivity contribution in [3.8, 4) is 0 Å². The second-order valence-corrected chi connectivity index (χ2v) is 6.40. The Morgan fingerprint density at radius 1 is 1.39 bits per heavy atom. The van der Waals surface area contributed by atoms with Gasteiger partial charge in [0.2, 0.25) is 0 Å². The van der Waals surface area contributed by atoms with Gasteiger partial charge in [-0.25, -0.2) is 4.79 Å². The average molecular weight is 323 g/mol. The smallest absolute Gasteiger partial charge is 0.314 e. The highest BCUT2D eigenvalue weighted by Crippen LogP contribution is 2.15. The van der Waals surface area contributed by atoms with Crippen LogP contribution < -0.4 is 10.6 Å². The van der Waals surface area contributed by atoms with Crippen LogP contribution in [0.3, 0.4) is 0 Å². The van der Waals surface area contributed by atoms with Gasteiger partial charge in [-0.2, -0.15) is 5.10 Å². The van der Waals surface area contributed by atoms with E-state index >= 15 is 0 Å². The number of β-amino-alcohol motifs (C(OH)–C–C–N with tert-alkyl or cyclic N) is 1. The predicted octanol–water partition coefficient (Wildman–Crippen LogP) is 0.665. The van der Waals surface area contributed by atoms with E-state index in [0.29, 0.717) is 13.1 Å². The molecular weight excluding hydrogens is 294 g/mol. The van der Waals surface area contributed by atoms with Crippen molar-refractivity contribution in [1.82, 2.24) is 25.3 Å². The van der Waals surface area contributed by atoms with Crippen molar-refractivity contribution in [1.29, 1.82) is 0 Å². The largest absolute Gasteiger partial charge is 0.390 e. The first-order valence-corrected chi connectivity index (χ1v) is 8.53. The van der Waals surface area contributed by atoms with E-state index in [4.69, 9.17) is 0 Å². The molecule has 1 aliphatic heterocycles. The summed E-state index contributed by atoms with van der Waals surface area (Å²) in [6.45, 7) is 6.64. The number of nitrogens with one attached hydrogen (secondary N) is 2. The molecule has 1 aliphatic rings. The number of piperidine rings is 1. The maximum atomic E-state index is 11.7. The van der Waals surface area contributed by atoms with Crippen molar-refractivity contribution < 1.29 is 9.90 Å². The van der Waals surface area contributed by atoms with E-state index in [1.165, 1.54) is 12.8 Å². The third-order valence-corrected chi connectivity index (χ3v) is 4.25. The molecule has 1 aromatic heterocycles. The molecule has 0 saturated carbocycles. The first-order chi connectivity index (χ1) is 11.1. The summed E-state index contributed by atoms with van der Waals surface area (Å²) in [5.41, 5.74) is 0. The molecule has 0 radical (unpaired) electrons. The standard InChI is InChI=1S/C16H29N5O2/c1-14-4-10-20(11-5-14)13-15(22)12-18-16(23)17-6-2-8-21-9-3-7-19-21/h3,7,9,14-15,22H,2,4-6,8,10-13H2,1H3,(H2,17,18,23). The Bertz CT molecular complexity index is 443. The first-order valence-electron chi connectivity index (χ1n) is 8.53. The number of nitrogens with zero attached hydrogens (tertiary/aromatic N) is 3. The maximum absolute atomic E-state index is 11.7. The first kappa shape index (κ1) is 17.7. The highest BCUT2D eigenvalue weighted by atomic mass is 16.3. The summed E-state index contributed by atoms with van der Waals surface area (Å²) in [7, 11) is 0. The molecule has 23 heavy (non-hydrogen) atoms. The van der Waals surface area contributed by atoms with Crippen molar-refractivity contribution in [3.63, 3.8) is 0 Å². The second kappa shape index (κ2) is 9.52. The Labute approximate surface area is 138 Å². The molecule has 130 valence electrons. The normalized spacial score (nSPS) is 17.8. The number of aromatic nitrogens is 2. The minimum atomic E-state index is -0.516. The van der Waals surface area contributed by atoms with Crippen LogP contribution >= 0.6 is 0 Å². The summed E-state index contributed by atoms with van der Waals surface area (Å²) in [5.74, 6) is 0.786. The Balaban J connectivity index is 1.49. The van der Waals surface area contributed by atoms with E-state index in [0.717, 1.165) is 32.0 Å². The van der Waals surface area contributed by atoms with Crippen molar-refractivity contribution >= 4 is 6.03 Å². The molecule has 2 heterocycles. The van der Waals surface area contributed by atoms with Gasteiger partial charge in [-0.15, -0.1) is 0 Å². The third kappa shape index (κ3) is 7.00. The Kier molecular flexibility index (Phi) is 7.35. The Morgan fingerprint density at radius 3 is 2.87 bits per heavy atom. The van der Waals surface area contributed by atoms with Crippen LogP contribution in [-0.2, 0) is 6.54 Å². The fraction of sp³-hybridized carbons (Fsp3) is 0.750. The van der Waals surface area contributed by atoms with Gasteiger partial charge in [0.1, 0.15) is 0 Å². The molecule has 0 bridgehead atoms. The van der Waals surface area contributed by atoms with Crippen LogP contribution in [0.5, 0.6) is 0 Å². The molecular formula is C16H29N5O2. The molecule has 1 unspecified atom stereocenters. The lowest BCUT2D eigenvalue weighted by Gasteiger charge is -2.31. The molecule has 0 spiro atoms. The zero-order chi connectivity index (χ0) is 16.5. The SMILES string of the molecule is CC1CCN(CC(O)CNC(=O)NCCCn2cccn2)CC1. The molecule has 7 heteroatoms. The van der Waals surface area contributed by atoms with E-state index in [-0.39, 0.29) is 12.6 Å². The molecule has 0 aliphatic carbocycles. The summed E-state index contributed by atoms with van der Waals surface area (Å²) < 4.78 is 1.84. The van der Waals surface area contributed by atoms with E-state index in [1.54, 1.807) is 6.20 Å². The predicted molar refractivity (Wildman–Crippen MR) is 89.1 cm³/mol. The lowest BCUT2D eigenvalue weighted by molar-refractivity contribution is 0.0920. The lowest BCUT2D eigenvalue weighted by Crippen LogP contribution is -2.45. The number of rotatable bonds is 8. The minimum absolute atomic E-state index is 0.225. The molecule has 2 amide bonds. The van der Waals surface area contributed by atoms with E-state index < -0.39 is 6.10 Å². The Hall–Kier alpha value is -1.60. The summed E-state index contributed by atoms with van der Waals surface area (Å²) in [5, 5.41) is 19.6. The van der Waals surface area contributed by atoms with Crippen LogP contribution in [0.15, 0.2) is 18.5 Å². The quantitative estimate of drug-likeness (QED) is 0.614. The number of carbonyl (C=O) groups is 1. The van der Waals surface area contributed by atoms with Crippen LogP contribution in [0.25, 0.3) is 0 Å². The van der Waals surface area contributed by atoms with Gasteiger partial charge in [-0.05, 0) is 44.3 Å². The fourth-order valence-electron chi connectivity index (χ4n) is 2.76. The van der Waals surface area contributed by atoms with Gasteiger partial charge < -0.3 is 20.6 Å². The Morgan fingerprint density at radius 2 is 2.17 bits per heavy atom. The summed E-state index contributed by atoms with van der Waals surface area (Å²) >= 11 is 0. The number of aliphatic hydroxyl groups is 1. The summed E-state index contributed by atoms with van der Waals surface area (Å²) in [6, 6.07) is 1.65. The number of carbonyl (C=O) groups excluding carboxylic acids is 1. The number of urea groups is 1.